The smallest absolute Gasteiger partial charge is 0.0825 e. The zero-order valence-electron chi connectivity index (χ0n) is 11.0. The largest absolute Gasteiger partial charge is 0.379 e. The standard InChI is InChI=1S/C12H21N5O/c1-12(2,17-5-7-18-8-6-17)11(16-13)10-9-14-3-4-15-10/h3-4,9,11,16H,5-8,13H2,1-2H3. The lowest BCUT2D eigenvalue weighted by atomic mass is 9.90. The van der Waals surface area contributed by atoms with Gasteiger partial charge in [-0.15, -0.1) is 0 Å². The average molecular weight is 251 g/mol. The number of aromatic nitrogens is 2. The van der Waals surface area contributed by atoms with Gasteiger partial charge in [-0.25, -0.2) is 5.43 Å². The molecule has 2 heterocycles. The maximum atomic E-state index is 5.72. The lowest BCUT2D eigenvalue weighted by Crippen LogP contribution is -2.57. The van der Waals surface area contributed by atoms with E-state index in [1.807, 2.05) is 0 Å². The van der Waals surface area contributed by atoms with Gasteiger partial charge in [0.1, 0.15) is 0 Å². The van der Waals surface area contributed by atoms with Crippen molar-refractivity contribution in [1.29, 1.82) is 0 Å². The van der Waals surface area contributed by atoms with Crippen LogP contribution in [0.15, 0.2) is 18.6 Å². The molecule has 0 bridgehead atoms. The molecular weight excluding hydrogens is 230 g/mol. The second-order valence-electron chi connectivity index (χ2n) is 4.98. The number of rotatable bonds is 4. The zero-order valence-corrected chi connectivity index (χ0v) is 11.0. The van der Waals surface area contributed by atoms with Gasteiger partial charge in [0.15, 0.2) is 0 Å². The van der Waals surface area contributed by atoms with Gasteiger partial charge in [0.25, 0.3) is 0 Å². The molecule has 0 aromatic carbocycles. The summed E-state index contributed by atoms with van der Waals surface area (Å²) >= 11 is 0. The molecule has 1 atom stereocenters. The van der Waals surface area contributed by atoms with Crippen LogP contribution in [0.5, 0.6) is 0 Å². The van der Waals surface area contributed by atoms with Crippen molar-refractivity contribution in [1.82, 2.24) is 20.3 Å². The first-order valence-electron chi connectivity index (χ1n) is 6.21. The number of hydrogen-bond acceptors (Lipinski definition) is 6. The van der Waals surface area contributed by atoms with Crippen LogP contribution >= 0.6 is 0 Å². The van der Waals surface area contributed by atoms with Crippen molar-refractivity contribution in [2.24, 2.45) is 5.84 Å². The summed E-state index contributed by atoms with van der Waals surface area (Å²) in [5, 5.41) is 0. The van der Waals surface area contributed by atoms with E-state index in [2.05, 4.69) is 34.1 Å². The predicted molar refractivity (Wildman–Crippen MR) is 68.6 cm³/mol. The highest BCUT2D eigenvalue weighted by Crippen LogP contribution is 2.29. The predicted octanol–water partition coefficient (Wildman–Crippen LogP) is 0.0918. The van der Waals surface area contributed by atoms with Crippen molar-refractivity contribution in [3.8, 4) is 0 Å². The highest BCUT2D eigenvalue weighted by molar-refractivity contribution is 5.10. The van der Waals surface area contributed by atoms with Crippen LogP contribution in [0.4, 0.5) is 0 Å². The average Bonchev–Trinajstić information content (AvgIpc) is 2.41. The van der Waals surface area contributed by atoms with E-state index in [9.17, 15) is 0 Å². The van der Waals surface area contributed by atoms with E-state index < -0.39 is 0 Å². The summed E-state index contributed by atoms with van der Waals surface area (Å²) in [4.78, 5) is 10.8. The molecule has 1 aliphatic rings. The minimum Gasteiger partial charge on any atom is -0.379 e. The highest BCUT2D eigenvalue weighted by Gasteiger charge is 2.37. The van der Waals surface area contributed by atoms with E-state index in [4.69, 9.17) is 10.6 Å². The van der Waals surface area contributed by atoms with Crippen LogP contribution in [0.25, 0.3) is 0 Å². The Hall–Kier alpha value is -1.08. The van der Waals surface area contributed by atoms with Crippen molar-refractivity contribution >= 4 is 0 Å². The molecule has 6 heteroatoms. The Morgan fingerprint density at radius 1 is 1.39 bits per heavy atom. The molecule has 1 aromatic heterocycles. The minimum absolute atomic E-state index is 0.0655. The first kappa shape index (κ1) is 13.4. The van der Waals surface area contributed by atoms with Crippen LogP contribution in [-0.4, -0.2) is 46.7 Å². The van der Waals surface area contributed by atoms with Crippen LogP contribution in [0, 0.1) is 0 Å². The lowest BCUT2D eigenvalue weighted by Gasteiger charge is -2.45. The molecule has 3 N–H and O–H groups in total. The molecule has 18 heavy (non-hydrogen) atoms. The zero-order chi connectivity index (χ0) is 13.0. The summed E-state index contributed by atoms with van der Waals surface area (Å²) in [5.74, 6) is 5.72. The van der Waals surface area contributed by atoms with E-state index in [1.165, 1.54) is 0 Å². The van der Waals surface area contributed by atoms with Crippen LogP contribution in [0.3, 0.4) is 0 Å². The molecular formula is C12H21N5O. The van der Waals surface area contributed by atoms with Gasteiger partial charge in [0.2, 0.25) is 0 Å². The van der Waals surface area contributed by atoms with Gasteiger partial charge in [-0.05, 0) is 13.8 Å². The first-order valence-corrected chi connectivity index (χ1v) is 6.21. The number of hydrazine groups is 1. The summed E-state index contributed by atoms with van der Waals surface area (Å²) in [5.41, 5.74) is 3.58. The number of morpholine rings is 1. The molecule has 1 fully saturated rings. The Labute approximate surface area is 108 Å². The molecule has 1 saturated heterocycles. The number of nitrogens with zero attached hydrogens (tertiary/aromatic N) is 3. The molecule has 6 nitrogen and oxygen atoms in total. The van der Waals surface area contributed by atoms with E-state index in [1.54, 1.807) is 18.6 Å². The molecule has 1 unspecified atom stereocenters. The van der Waals surface area contributed by atoms with Gasteiger partial charge in [-0.2, -0.15) is 0 Å². The van der Waals surface area contributed by atoms with Gasteiger partial charge in [-0.3, -0.25) is 20.7 Å². The van der Waals surface area contributed by atoms with E-state index >= 15 is 0 Å². The molecule has 2 rings (SSSR count). The molecule has 0 saturated carbocycles. The quantitative estimate of drug-likeness (QED) is 0.583. The molecule has 0 spiro atoms. The second kappa shape index (κ2) is 5.71. The van der Waals surface area contributed by atoms with E-state index in [0.717, 1.165) is 32.0 Å². The summed E-state index contributed by atoms with van der Waals surface area (Å²) in [6.07, 6.45) is 5.11. The highest BCUT2D eigenvalue weighted by atomic mass is 16.5. The SMILES string of the molecule is CC(C)(C(NN)c1cnccn1)N1CCOCC1. The topological polar surface area (TPSA) is 76.3 Å². The van der Waals surface area contributed by atoms with Gasteiger partial charge in [0, 0.05) is 31.0 Å². The third-order valence-corrected chi connectivity index (χ3v) is 3.58. The van der Waals surface area contributed by atoms with Gasteiger partial charge < -0.3 is 4.74 Å². The fourth-order valence-corrected chi connectivity index (χ4v) is 2.43. The molecule has 0 amide bonds. The van der Waals surface area contributed by atoms with E-state index in [0.29, 0.717) is 0 Å². The van der Waals surface area contributed by atoms with Gasteiger partial charge in [0.05, 0.1) is 31.1 Å². The summed E-state index contributed by atoms with van der Waals surface area (Å²) < 4.78 is 5.39. The first-order chi connectivity index (χ1) is 8.66. The van der Waals surface area contributed by atoms with Crippen molar-refractivity contribution in [2.75, 3.05) is 26.3 Å². The van der Waals surface area contributed by atoms with Gasteiger partial charge in [-0.1, -0.05) is 0 Å². The van der Waals surface area contributed by atoms with Crippen molar-refractivity contribution in [3.05, 3.63) is 24.3 Å². The van der Waals surface area contributed by atoms with E-state index in [-0.39, 0.29) is 11.6 Å². The van der Waals surface area contributed by atoms with Crippen LogP contribution in [0.2, 0.25) is 0 Å². The third-order valence-electron chi connectivity index (χ3n) is 3.58. The number of nitrogens with one attached hydrogen (secondary N) is 1. The third kappa shape index (κ3) is 2.67. The normalized spacial score (nSPS) is 19.7. The lowest BCUT2D eigenvalue weighted by molar-refractivity contribution is -0.0244. The second-order valence-corrected chi connectivity index (χ2v) is 4.98. The Balaban J connectivity index is 2.19. The maximum absolute atomic E-state index is 5.72. The van der Waals surface area contributed by atoms with Gasteiger partial charge >= 0.3 is 0 Å². The number of ether oxygens (including phenoxy) is 1. The van der Waals surface area contributed by atoms with Crippen LogP contribution < -0.4 is 11.3 Å². The summed E-state index contributed by atoms with van der Waals surface area (Å²) in [7, 11) is 0. The Kier molecular flexibility index (Phi) is 4.23. The van der Waals surface area contributed by atoms with Crippen LogP contribution in [-0.2, 0) is 4.74 Å². The Morgan fingerprint density at radius 3 is 2.67 bits per heavy atom. The molecule has 1 aromatic rings. The molecule has 1 aliphatic heterocycles. The Bertz CT molecular complexity index is 364. The molecule has 100 valence electrons. The number of hydrogen-bond donors (Lipinski definition) is 2. The van der Waals surface area contributed by atoms with Crippen molar-refractivity contribution in [3.63, 3.8) is 0 Å². The minimum atomic E-state index is -0.144. The fourth-order valence-electron chi connectivity index (χ4n) is 2.43. The van der Waals surface area contributed by atoms with Crippen molar-refractivity contribution < 1.29 is 4.74 Å². The van der Waals surface area contributed by atoms with Crippen LogP contribution in [0.1, 0.15) is 25.6 Å². The molecule has 0 aliphatic carbocycles. The maximum Gasteiger partial charge on any atom is 0.0825 e. The number of nitrogens with two attached hydrogens (primary N) is 1. The van der Waals surface area contributed by atoms with Crippen molar-refractivity contribution in [2.45, 2.75) is 25.4 Å². The Morgan fingerprint density at radius 2 is 2.11 bits per heavy atom. The summed E-state index contributed by atoms with van der Waals surface area (Å²) in [6.45, 7) is 7.67. The molecule has 0 radical (unpaired) electrons. The summed E-state index contributed by atoms with van der Waals surface area (Å²) in [6, 6.07) is -0.0655. The fraction of sp³-hybridized carbons (Fsp3) is 0.667. The monoisotopic (exact) mass is 251 g/mol.